The van der Waals surface area contributed by atoms with Crippen molar-refractivity contribution in [2.75, 3.05) is 13.1 Å². The third-order valence-electron chi connectivity index (χ3n) is 3.04. The molecule has 1 aliphatic rings. The molecule has 0 N–H and O–H groups in total. The number of piperidine rings is 1. The van der Waals surface area contributed by atoms with E-state index in [2.05, 4.69) is 16.8 Å². The summed E-state index contributed by atoms with van der Waals surface area (Å²) >= 11 is 5.90. The summed E-state index contributed by atoms with van der Waals surface area (Å²) in [6.07, 6.45) is 6.22. The first-order valence-electron chi connectivity index (χ1n) is 5.56. The number of likely N-dealkylation sites (tertiary alicyclic amines) is 1. The van der Waals surface area contributed by atoms with Crippen LogP contribution in [0, 0.1) is 5.92 Å². The SMILES string of the molecule is CC1CCN(Cc2cncc(Cl)c2)CC1. The van der Waals surface area contributed by atoms with Gasteiger partial charge < -0.3 is 0 Å². The highest BCUT2D eigenvalue weighted by molar-refractivity contribution is 6.30. The maximum Gasteiger partial charge on any atom is 0.0592 e. The zero-order valence-electron chi connectivity index (χ0n) is 9.12. The summed E-state index contributed by atoms with van der Waals surface area (Å²) in [6, 6.07) is 2.01. The maximum absolute atomic E-state index is 5.90. The molecule has 1 saturated heterocycles. The van der Waals surface area contributed by atoms with Crippen molar-refractivity contribution in [1.29, 1.82) is 0 Å². The summed E-state index contributed by atoms with van der Waals surface area (Å²) in [6.45, 7) is 5.72. The van der Waals surface area contributed by atoms with Gasteiger partial charge in [0.2, 0.25) is 0 Å². The fourth-order valence-corrected chi connectivity index (χ4v) is 2.22. The molecule has 0 unspecified atom stereocenters. The third-order valence-corrected chi connectivity index (χ3v) is 3.25. The van der Waals surface area contributed by atoms with Gasteiger partial charge in [-0.25, -0.2) is 0 Å². The molecule has 0 aromatic carbocycles. The zero-order chi connectivity index (χ0) is 10.7. The van der Waals surface area contributed by atoms with Crippen LogP contribution < -0.4 is 0 Å². The van der Waals surface area contributed by atoms with Crippen LogP contribution in [0.3, 0.4) is 0 Å². The second-order valence-electron chi connectivity index (χ2n) is 4.47. The molecule has 0 atom stereocenters. The standard InChI is InChI=1S/C12H17ClN2/c1-10-2-4-15(5-3-10)9-11-6-12(13)8-14-7-11/h6-8,10H,2-5,9H2,1H3. The number of nitrogens with zero attached hydrogens (tertiary/aromatic N) is 2. The molecule has 0 spiro atoms. The average molecular weight is 225 g/mol. The maximum atomic E-state index is 5.90. The van der Waals surface area contributed by atoms with Gasteiger partial charge in [0, 0.05) is 18.9 Å². The molecule has 2 nitrogen and oxygen atoms in total. The largest absolute Gasteiger partial charge is 0.299 e. The van der Waals surface area contributed by atoms with Gasteiger partial charge >= 0.3 is 0 Å². The van der Waals surface area contributed by atoms with Gasteiger partial charge in [-0.2, -0.15) is 0 Å². The van der Waals surface area contributed by atoms with E-state index in [-0.39, 0.29) is 0 Å². The predicted molar refractivity (Wildman–Crippen MR) is 62.9 cm³/mol. The smallest absolute Gasteiger partial charge is 0.0592 e. The van der Waals surface area contributed by atoms with Crippen molar-refractivity contribution in [3.05, 3.63) is 29.0 Å². The first-order valence-corrected chi connectivity index (χ1v) is 5.93. The topological polar surface area (TPSA) is 16.1 Å². The van der Waals surface area contributed by atoms with Crippen molar-refractivity contribution in [2.24, 2.45) is 5.92 Å². The molecule has 2 rings (SSSR count). The molecule has 0 amide bonds. The molecule has 0 radical (unpaired) electrons. The molecular formula is C12H17ClN2. The van der Waals surface area contributed by atoms with Gasteiger partial charge in [0.1, 0.15) is 0 Å². The summed E-state index contributed by atoms with van der Waals surface area (Å²) in [5.74, 6) is 0.888. The van der Waals surface area contributed by atoms with E-state index in [9.17, 15) is 0 Å². The number of hydrogen-bond donors (Lipinski definition) is 0. The van der Waals surface area contributed by atoms with Gasteiger partial charge in [0.25, 0.3) is 0 Å². The Hall–Kier alpha value is -0.600. The van der Waals surface area contributed by atoms with Crippen LogP contribution in [0.15, 0.2) is 18.5 Å². The number of halogens is 1. The highest BCUT2D eigenvalue weighted by atomic mass is 35.5. The lowest BCUT2D eigenvalue weighted by Gasteiger charge is -2.30. The lowest BCUT2D eigenvalue weighted by Crippen LogP contribution is -2.32. The van der Waals surface area contributed by atoms with Crippen molar-refractivity contribution in [3.63, 3.8) is 0 Å². The molecule has 1 fully saturated rings. The highest BCUT2D eigenvalue weighted by Gasteiger charge is 2.15. The van der Waals surface area contributed by atoms with Crippen LogP contribution in [-0.2, 0) is 6.54 Å². The van der Waals surface area contributed by atoms with Gasteiger partial charge in [-0.1, -0.05) is 18.5 Å². The molecule has 82 valence electrons. The molecular weight excluding hydrogens is 208 g/mol. The average Bonchev–Trinajstić information content (AvgIpc) is 2.22. The van der Waals surface area contributed by atoms with E-state index in [0.717, 1.165) is 17.5 Å². The van der Waals surface area contributed by atoms with E-state index in [0.29, 0.717) is 0 Å². The van der Waals surface area contributed by atoms with Crippen molar-refractivity contribution in [2.45, 2.75) is 26.3 Å². The first-order chi connectivity index (χ1) is 7.24. The number of rotatable bonds is 2. The lowest BCUT2D eigenvalue weighted by molar-refractivity contribution is 0.185. The van der Waals surface area contributed by atoms with Crippen LogP contribution in [0.25, 0.3) is 0 Å². The Morgan fingerprint density at radius 2 is 2.13 bits per heavy atom. The summed E-state index contributed by atoms with van der Waals surface area (Å²) < 4.78 is 0. The molecule has 2 heterocycles. The van der Waals surface area contributed by atoms with Gasteiger partial charge in [-0.3, -0.25) is 9.88 Å². The Morgan fingerprint density at radius 1 is 1.40 bits per heavy atom. The fourth-order valence-electron chi connectivity index (χ4n) is 2.02. The van der Waals surface area contributed by atoms with Crippen LogP contribution in [-0.4, -0.2) is 23.0 Å². The van der Waals surface area contributed by atoms with E-state index < -0.39 is 0 Å². The summed E-state index contributed by atoms with van der Waals surface area (Å²) in [5.41, 5.74) is 1.22. The molecule has 0 saturated carbocycles. The quantitative estimate of drug-likeness (QED) is 0.768. The van der Waals surface area contributed by atoms with Crippen molar-refractivity contribution in [3.8, 4) is 0 Å². The van der Waals surface area contributed by atoms with Crippen molar-refractivity contribution in [1.82, 2.24) is 9.88 Å². The molecule has 0 bridgehead atoms. The van der Waals surface area contributed by atoms with Crippen LogP contribution in [0.1, 0.15) is 25.3 Å². The highest BCUT2D eigenvalue weighted by Crippen LogP contribution is 2.18. The number of pyridine rings is 1. The second kappa shape index (κ2) is 4.95. The lowest BCUT2D eigenvalue weighted by atomic mass is 9.99. The Balaban J connectivity index is 1.92. The first kappa shape index (κ1) is 10.9. The van der Waals surface area contributed by atoms with E-state index in [1.807, 2.05) is 12.3 Å². The summed E-state index contributed by atoms with van der Waals surface area (Å²) in [7, 11) is 0. The van der Waals surface area contributed by atoms with Crippen LogP contribution in [0.2, 0.25) is 5.02 Å². The Kier molecular flexibility index (Phi) is 3.60. The van der Waals surface area contributed by atoms with E-state index in [4.69, 9.17) is 11.6 Å². The third kappa shape index (κ3) is 3.18. The normalized spacial score (nSPS) is 19.3. The van der Waals surface area contributed by atoms with Crippen molar-refractivity contribution >= 4 is 11.6 Å². The Labute approximate surface area is 96.3 Å². The van der Waals surface area contributed by atoms with E-state index in [1.165, 1.54) is 31.5 Å². The minimum Gasteiger partial charge on any atom is -0.299 e. The van der Waals surface area contributed by atoms with Crippen LogP contribution in [0.5, 0.6) is 0 Å². The van der Waals surface area contributed by atoms with E-state index in [1.54, 1.807) is 6.20 Å². The Morgan fingerprint density at radius 3 is 2.80 bits per heavy atom. The fraction of sp³-hybridized carbons (Fsp3) is 0.583. The van der Waals surface area contributed by atoms with E-state index >= 15 is 0 Å². The van der Waals surface area contributed by atoms with Gasteiger partial charge in [0.05, 0.1) is 5.02 Å². The Bertz CT molecular complexity index is 319. The summed E-state index contributed by atoms with van der Waals surface area (Å²) in [4.78, 5) is 6.59. The monoisotopic (exact) mass is 224 g/mol. The minimum absolute atomic E-state index is 0.734. The van der Waals surface area contributed by atoms with Crippen LogP contribution in [0.4, 0.5) is 0 Å². The van der Waals surface area contributed by atoms with Gasteiger partial charge in [-0.05, 0) is 43.5 Å². The molecule has 3 heteroatoms. The molecule has 15 heavy (non-hydrogen) atoms. The molecule has 1 aromatic heterocycles. The summed E-state index contributed by atoms with van der Waals surface area (Å²) in [5, 5.41) is 0.734. The number of hydrogen-bond acceptors (Lipinski definition) is 2. The molecule has 1 aliphatic heterocycles. The molecule has 1 aromatic rings. The van der Waals surface area contributed by atoms with Crippen LogP contribution >= 0.6 is 11.6 Å². The predicted octanol–water partition coefficient (Wildman–Crippen LogP) is 2.97. The zero-order valence-corrected chi connectivity index (χ0v) is 9.87. The van der Waals surface area contributed by atoms with Gasteiger partial charge in [0.15, 0.2) is 0 Å². The van der Waals surface area contributed by atoms with Gasteiger partial charge in [-0.15, -0.1) is 0 Å². The van der Waals surface area contributed by atoms with Crippen molar-refractivity contribution < 1.29 is 0 Å². The number of aromatic nitrogens is 1. The second-order valence-corrected chi connectivity index (χ2v) is 4.91. The minimum atomic E-state index is 0.734. The molecule has 0 aliphatic carbocycles.